The zero-order valence-corrected chi connectivity index (χ0v) is 22.4. The molecule has 0 bridgehead atoms. The number of aromatic nitrogens is 1. The normalized spacial score (nSPS) is 11.8. The number of rotatable bonds is 10. The fourth-order valence-corrected chi connectivity index (χ4v) is 4.30. The number of hydrogen-bond donors (Lipinski definition) is 1. The minimum absolute atomic E-state index is 0.00707. The predicted octanol–water partition coefficient (Wildman–Crippen LogP) is 6.59. The number of carbonyl (C=O) groups is 2. The van der Waals surface area contributed by atoms with Crippen LogP contribution in [0.4, 0.5) is 0 Å². The highest BCUT2D eigenvalue weighted by Crippen LogP contribution is 2.31. The number of methoxy groups -OCH3 is 1. The van der Waals surface area contributed by atoms with E-state index in [-0.39, 0.29) is 12.4 Å². The van der Waals surface area contributed by atoms with Gasteiger partial charge in [-0.1, -0.05) is 66.2 Å². The lowest BCUT2D eigenvalue weighted by Gasteiger charge is -2.20. The zero-order chi connectivity index (χ0) is 27.4. The largest absolute Gasteiger partial charge is 0.497 e. The standard InChI is InChI=1S/C32H33NO5/c1-21-8-14-25(15-9-21)30(34)29-22(2)33(28-17-16-26(37-5)19-27(28)29)18-6-7-23-10-12-24(13-11-23)20-38-32(3,4)31(35)36/h6-17,19H,18,20H2,1-5H3,(H,35,36). The number of ketones is 1. The van der Waals surface area contributed by atoms with Crippen LogP contribution in [0.15, 0.2) is 72.8 Å². The lowest BCUT2D eigenvalue weighted by molar-refractivity contribution is -0.162. The Bertz CT molecular complexity index is 1490. The SMILES string of the molecule is COc1ccc2c(c1)c(C(=O)c1ccc(C)cc1)c(C)n2CC=Cc1ccc(COC(C)(C)C(=O)O)cc1. The van der Waals surface area contributed by atoms with Gasteiger partial charge in [0.15, 0.2) is 11.4 Å². The average molecular weight is 512 g/mol. The third-order valence-corrected chi connectivity index (χ3v) is 6.76. The van der Waals surface area contributed by atoms with Crippen molar-refractivity contribution in [3.63, 3.8) is 0 Å². The molecule has 0 saturated carbocycles. The van der Waals surface area contributed by atoms with E-state index in [1.807, 2.05) is 86.7 Å². The number of carboxylic acids is 1. The fourth-order valence-electron chi connectivity index (χ4n) is 4.30. The van der Waals surface area contributed by atoms with E-state index in [9.17, 15) is 14.7 Å². The van der Waals surface area contributed by atoms with Crippen molar-refractivity contribution in [3.05, 3.63) is 106 Å². The topological polar surface area (TPSA) is 77.8 Å². The first-order chi connectivity index (χ1) is 18.1. The number of carboxylic acid groups (broad SMARTS) is 1. The van der Waals surface area contributed by atoms with E-state index in [1.54, 1.807) is 7.11 Å². The molecule has 196 valence electrons. The quantitative estimate of drug-likeness (QED) is 0.243. The van der Waals surface area contributed by atoms with Gasteiger partial charge < -0.3 is 19.1 Å². The smallest absolute Gasteiger partial charge is 0.335 e. The van der Waals surface area contributed by atoms with E-state index in [2.05, 4.69) is 10.6 Å². The molecule has 0 aliphatic heterocycles. The number of aliphatic carboxylic acids is 1. The molecule has 0 atom stereocenters. The average Bonchev–Trinajstić information content (AvgIpc) is 3.18. The van der Waals surface area contributed by atoms with Gasteiger partial charge in [0.05, 0.1) is 19.3 Å². The van der Waals surface area contributed by atoms with Crippen molar-refractivity contribution >= 4 is 28.7 Å². The maximum atomic E-state index is 13.6. The van der Waals surface area contributed by atoms with E-state index in [0.29, 0.717) is 23.4 Å². The molecule has 38 heavy (non-hydrogen) atoms. The molecule has 4 rings (SSSR count). The second-order valence-electron chi connectivity index (χ2n) is 9.90. The first kappa shape index (κ1) is 26.9. The Kier molecular flexibility index (Phi) is 7.83. The molecular formula is C32H33NO5. The Labute approximate surface area is 223 Å². The van der Waals surface area contributed by atoms with Gasteiger partial charge in [-0.15, -0.1) is 0 Å². The summed E-state index contributed by atoms with van der Waals surface area (Å²) in [5.41, 5.74) is 5.00. The number of aryl methyl sites for hydroxylation is 1. The number of hydrogen-bond acceptors (Lipinski definition) is 4. The van der Waals surface area contributed by atoms with Crippen molar-refractivity contribution in [1.82, 2.24) is 4.57 Å². The minimum Gasteiger partial charge on any atom is -0.497 e. The Balaban J connectivity index is 1.57. The molecule has 6 nitrogen and oxygen atoms in total. The van der Waals surface area contributed by atoms with Crippen molar-refractivity contribution in [2.45, 2.75) is 46.4 Å². The summed E-state index contributed by atoms with van der Waals surface area (Å²) in [6.07, 6.45) is 4.10. The van der Waals surface area contributed by atoms with E-state index in [0.717, 1.165) is 33.3 Å². The molecule has 1 heterocycles. The van der Waals surface area contributed by atoms with E-state index >= 15 is 0 Å². The summed E-state index contributed by atoms with van der Waals surface area (Å²) < 4.78 is 13.1. The summed E-state index contributed by atoms with van der Waals surface area (Å²) in [5, 5.41) is 10.1. The molecule has 0 fully saturated rings. The number of carbonyl (C=O) groups excluding carboxylic acids is 1. The Hall–Kier alpha value is -4.16. The molecule has 0 aliphatic carbocycles. The Morgan fingerprint density at radius 2 is 1.66 bits per heavy atom. The van der Waals surface area contributed by atoms with Gasteiger partial charge in [-0.05, 0) is 57.0 Å². The van der Waals surface area contributed by atoms with Gasteiger partial charge in [-0.3, -0.25) is 4.79 Å². The van der Waals surface area contributed by atoms with Crippen LogP contribution in [0, 0.1) is 13.8 Å². The summed E-state index contributed by atoms with van der Waals surface area (Å²) in [6, 6.07) is 21.3. The highest BCUT2D eigenvalue weighted by atomic mass is 16.5. The number of fused-ring (bicyclic) bond motifs is 1. The van der Waals surface area contributed by atoms with Crippen molar-refractivity contribution in [1.29, 1.82) is 0 Å². The molecule has 1 N–H and O–H groups in total. The fraction of sp³-hybridized carbons (Fsp3) is 0.250. The number of benzene rings is 3. The lowest BCUT2D eigenvalue weighted by Crippen LogP contribution is -2.34. The molecule has 0 aliphatic rings. The molecule has 0 radical (unpaired) electrons. The van der Waals surface area contributed by atoms with E-state index < -0.39 is 11.6 Å². The molecule has 0 unspecified atom stereocenters. The minimum atomic E-state index is -1.24. The predicted molar refractivity (Wildman–Crippen MR) is 150 cm³/mol. The summed E-state index contributed by atoms with van der Waals surface area (Å²) in [4.78, 5) is 24.8. The van der Waals surface area contributed by atoms with Crippen LogP contribution in [0.3, 0.4) is 0 Å². The van der Waals surface area contributed by atoms with Crippen LogP contribution in [0.5, 0.6) is 5.75 Å². The van der Waals surface area contributed by atoms with Gasteiger partial charge in [0, 0.05) is 28.7 Å². The van der Waals surface area contributed by atoms with Crippen LogP contribution in [-0.4, -0.2) is 34.1 Å². The first-order valence-electron chi connectivity index (χ1n) is 12.5. The summed E-state index contributed by atoms with van der Waals surface area (Å²) >= 11 is 0. The van der Waals surface area contributed by atoms with E-state index in [4.69, 9.17) is 9.47 Å². The first-order valence-corrected chi connectivity index (χ1v) is 12.5. The number of ether oxygens (including phenoxy) is 2. The monoisotopic (exact) mass is 511 g/mol. The maximum Gasteiger partial charge on any atom is 0.335 e. The van der Waals surface area contributed by atoms with Crippen LogP contribution < -0.4 is 4.74 Å². The molecular weight excluding hydrogens is 478 g/mol. The van der Waals surface area contributed by atoms with Crippen LogP contribution in [0.2, 0.25) is 0 Å². The molecule has 6 heteroatoms. The summed E-state index contributed by atoms with van der Waals surface area (Å²) in [5.74, 6) is -0.293. The van der Waals surface area contributed by atoms with Crippen LogP contribution in [0.1, 0.15) is 52.2 Å². The second-order valence-corrected chi connectivity index (χ2v) is 9.90. The number of allylic oxidation sites excluding steroid dienone is 1. The van der Waals surface area contributed by atoms with Crippen molar-refractivity contribution in [2.24, 2.45) is 0 Å². The van der Waals surface area contributed by atoms with Crippen molar-refractivity contribution in [2.75, 3.05) is 7.11 Å². The molecule has 4 aromatic rings. The Morgan fingerprint density at radius 1 is 0.974 bits per heavy atom. The van der Waals surface area contributed by atoms with Crippen LogP contribution in [-0.2, 0) is 22.7 Å². The summed E-state index contributed by atoms with van der Waals surface area (Å²) in [6.45, 7) is 7.87. The third-order valence-electron chi connectivity index (χ3n) is 6.76. The Morgan fingerprint density at radius 3 is 2.29 bits per heavy atom. The molecule has 0 amide bonds. The summed E-state index contributed by atoms with van der Waals surface area (Å²) in [7, 11) is 1.62. The zero-order valence-electron chi connectivity index (χ0n) is 22.4. The second kappa shape index (κ2) is 11.1. The van der Waals surface area contributed by atoms with Crippen molar-refractivity contribution in [3.8, 4) is 5.75 Å². The van der Waals surface area contributed by atoms with E-state index in [1.165, 1.54) is 13.8 Å². The molecule has 3 aromatic carbocycles. The van der Waals surface area contributed by atoms with Gasteiger partial charge in [0.2, 0.25) is 0 Å². The van der Waals surface area contributed by atoms with Crippen LogP contribution >= 0.6 is 0 Å². The van der Waals surface area contributed by atoms with Gasteiger partial charge in [0.1, 0.15) is 5.75 Å². The molecule has 0 spiro atoms. The maximum absolute atomic E-state index is 13.6. The van der Waals surface area contributed by atoms with Gasteiger partial charge in [0.25, 0.3) is 0 Å². The molecule has 0 saturated heterocycles. The van der Waals surface area contributed by atoms with Gasteiger partial charge in [-0.2, -0.15) is 0 Å². The van der Waals surface area contributed by atoms with Crippen molar-refractivity contribution < 1.29 is 24.2 Å². The lowest BCUT2D eigenvalue weighted by atomic mass is 9.99. The highest BCUT2D eigenvalue weighted by molar-refractivity contribution is 6.17. The van der Waals surface area contributed by atoms with Crippen LogP contribution in [0.25, 0.3) is 17.0 Å². The van der Waals surface area contributed by atoms with Gasteiger partial charge in [-0.25, -0.2) is 4.79 Å². The third kappa shape index (κ3) is 5.71. The number of nitrogens with zero attached hydrogens (tertiary/aromatic N) is 1. The molecule has 1 aromatic heterocycles. The highest BCUT2D eigenvalue weighted by Gasteiger charge is 2.27. The van der Waals surface area contributed by atoms with Gasteiger partial charge >= 0.3 is 5.97 Å².